The van der Waals surface area contributed by atoms with Crippen LogP contribution in [-0.2, 0) is 0 Å². The largest absolute Gasteiger partial charge is 0.203 e. The summed E-state index contributed by atoms with van der Waals surface area (Å²) in [5.41, 5.74) is -0.0197. The van der Waals surface area contributed by atoms with Gasteiger partial charge in [0.2, 0.25) is 5.82 Å². The lowest BCUT2D eigenvalue weighted by Crippen LogP contribution is -2.06. The number of halogens is 5. The lowest BCUT2D eigenvalue weighted by molar-refractivity contribution is 0.376. The summed E-state index contributed by atoms with van der Waals surface area (Å²) >= 11 is 0. The lowest BCUT2D eigenvalue weighted by Gasteiger charge is -2.08. The van der Waals surface area contributed by atoms with Crippen LogP contribution in [0, 0.1) is 29.1 Å². The van der Waals surface area contributed by atoms with Crippen LogP contribution in [0.5, 0.6) is 0 Å². The van der Waals surface area contributed by atoms with E-state index >= 15 is 0 Å². The van der Waals surface area contributed by atoms with Crippen molar-refractivity contribution < 1.29 is 22.0 Å². The molecule has 0 bridgehead atoms. The molecule has 0 atom stereocenters. The molecule has 0 radical (unpaired) electrons. The van der Waals surface area contributed by atoms with E-state index in [1.54, 1.807) is 13.0 Å². The maximum absolute atomic E-state index is 13.4. The standard InChI is InChI=1S/C12H7F5/c1-5-2-3-6(4-5)7-8(13)10(15)12(17)11(16)9(7)14/h2,4H,3H2,1H3. The van der Waals surface area contributed by atoms with Crippen molar-refractivity contribution in [2.24, 2.45) is 0 Å². The molecule has 17 heavy (non-hydrogen) atoms. The minimum atomic E-state index is -2.13. The second-order valence-corrected chi connectivity index (χ2v) is 3.77. The summed E-state index contributed by atoms with van der Waals surface area (Å²) in [6.07, 6.45) is 3.20. The Labute approximate surface area is 94.1 Å². The van der Waals surface area contributed by atoms with E-state index in [-0.39, 0.29) is 12.0 Å². The fourth-order valence-electron chi connectivity index (χ4n) is 1.72. The van der Waals surface area contributed by atoms with Crippen LogP contribution in [0.4, 0.5) is 22.0 Å². The van der Waals surface area contributed by atoms with Gasteiger partial charge in [0.05, 0.1) is 5.56 Å². The Bertz CT molecular complexity index is 525. The Hall–Kier alpha value is -1.65. The fourth-order valence-corrected chi connectivity index (χ4v) is 1.72. The highest BCUT2D eigenvalue weighted by molar-refractivity contribution is 5.73. The molecular formula is C12H7F5. The highest BCUT2D eigenvalue weighted by Crippen LogP contribution is 2.33. The van der Waals surface area contributed by atoms with Gasteiger partial charge in [-0.25, -0.2) is 22.0 Å². The Morgan fingerprint density at radius 1 is 0.824 bits per heavy atom. The summed E-state index contributed by atoms with van der Waals surface area (Å²) in [6.45, 7) is 1.68. The second kappa shape index (κ2) is 3.98. The normalized spacial score (nSPS) is 14.9. The molecule has 0 amide bonds. The summed E-state index contributed by atoms with van der Waals surface area (Å²) in [7, 11) is 0. The number of rotatable bonds is 1. The summed E-state index contributed by atoms with van der Waals surface area (Å²) in [6, 6.07) is 0. The van der Waals surface area contributed by atoms with Gasteiger partial charge in [0.25, 0.3) is 0 Å². The van der Waals surface area contributed by atoms with Crippen LogP contribution in [0.2, 0.25) is 0 Å². The van der Waals surface area contributed by atoms with E-state index in [1.807, 2.05) is 0 Å². The van der Waals surface area contributed by atoms with Gasteiger partial charge in [0, 0.05) is 0 Å². The van der Waals surface area contributed by atoms with Crippen molar-refractivity contribution in [1.29, 1.82) is 0 Å². The van der Waals surface area contributed by atoms with Crippen LogP contribution in [0.1, 0.15) is 18.9 Å². The van der Waals surface area contributed by atoms with Crippen molar-refractivity contribution in [3.05, 3.63) is 52.4 Å². The van der Waals surface area contributed by atoms with Crippen LogP contribution in [0.15, 0.2) is 17.7 Å². The topological polar surface area (TPSA) is 0 Å². The minimum Gasteiger partial charge on any atom is -0.203 e. The van der Waals surface area contributed by atoms with E-state index in [0.717, 1.165) is 5.57 Å². The van der Waals surface area contributed by atoms with Crippen LogP contribution in [-0.4, -0.2) is 0 Å². The fraction of sp³-hybridized carbons (Fsp3) is 0.167. The van der Waals surface area contributed by atoms with Gasteiger partial charge in [-0.05, 0) is 18.9 Å². The highest BCUT2D eigenvalue weighted by Gasteiger charge is 2.27. The molecule has 0 heterocycles. The molecule has 0 nitrogen and oxygen atoms in total. The third kappa shape index (κ3) is 1.75. The Morgan fingerprint density at radius 2 is 1.29 bits per heavy atom. The first-order valence-corrected chi connectivity index (χ1v) is 4.82. The maximum atomic E-state index is 13.4. The zero-order valence-electron chi connectivity index (χ0n) is 8.75. The smallest absolute Gasteiger partial charge is 0.200 e. The van der Waals surface area contributed by atoms with Crippen LogP contribution < -0.4 is 0 Å². The zero-order valence-corrected chi connectivity index (χ0v) is 8.75. The Kier molecular flexibility index (Phi) is 2.77. The quantitative estimate of drug-likeness (QED) is 0.397. The van der Waals surface area contributed by atoms with E-state index in [2.05, 4.69) is 0 Å². The molecule has 0 saturated heterocycles. The average molecular weight is 246 g/mol. The van der Waals surface area contributed by atoms with Gasteiger partial charge >= 0.3 is 0 Å². The molecule has 2 rings (SSSR count). The van der Waals surface area contributed by atoms with Crippen molar-refractivity contribution in [1.82, 2.24) is 0 Å². The van der Waals surface area contributed by atoms with Crippen molar-refractivity contribution in [2.45, 2.75) is 13.3 Å². The lowest BCUT2D eigenvalue weighted by atomic mass is 10.0. The summed E-state index contributed by atoms with van der Waals surface area (Å²) in [5, 5.41) is 0. The van der Waals surface area contributed by atoms with Gasteiger partial charge in [-0.1, -0.05) is 17.7 Å². The van der Waals surface area contributed by atoms with Gasteiger partial charge in [-0.15, -0.1) is 0 Å². The molecule has 0 aromatic heterocycles. The average Bonchev–Trinajstić information content (AvgIpc) is 2.71. The molecule has 1 aromatic rings. The van der Waals surface area contributed by atoms with E-state index in [0.29, 0.717) is 0 Å². The molecule has 5 heteroatoms. The summed E-state index contributed by atoms with van der Waals surface area (Å²) < 4.78 is 65.5. The molecule has 90 valence electrons. The van der Waals surface area contributed by atoms with E-state index in [9.17, 15) is 22.0 Å². The van der Waals surface area contributed by atoms with E-state index in [1.165, 1.54) is 6.08 Å². The van der Waals surface area contributed by atoms with Crippen molar-refractivity contribution in [2.75, 3.05) is 0 Å². The molecular weight excluding hydrogens is 239 g/mol. The Morgan fingerprint density at radius 3 is 1.71 bits per heavy atom. The minimum absolute atomic E-state index is 0.0929. The molecule has 1 aliphatic carbocycles. The van der Waals surface area contributed by atoms with Gasteiger partial charge in [0.15, 0.2) is 23.3 Å². The molecule has 0 aliphatic heterocycles. The van der Waals surface area contributed by atoms with Crippen LogP contribution in [0.3, 0.4) is 0 Å². The van der Waals surface area contributed by atoms with Crippen molar-refractivity contribution >= 4 is 5.57 Å². The molecule has 0 spiro atoms. The number of benzene rings is 1. The molecule has 0 N–H and O–H groups in total. The third-order valence-corrected chi connectivity index (χ3v) is 2.58. The first kappa shape index (κ1) is 11.8. The maximum Gasteiger partial charge on any atom is 0.200 e. The van der Waals surface area contributed by atoms with Gasteiger partial charge in [-0.2, -0.15) is 0 Å². The van der Waals surface area contributed by atoms with Crippen LogP contribution in [0.25, 0.3) is 5.57 Å². The molecule has 0 fully saturated rings. The van der Waals surface area contributed by atoms with Gasteiger partial charge < -0.3 is 0 Å². The van der Waals surface area contributed by atoms with E-state index in [4.69, 9.17) is 0 Å². The third-order valence-electron chi connectivity index (χ3n) is 2.58. The van der Waals surface area contributed by atoms with Gasteiger partial charge in [-0.3, -0.25) is 0 Å². The first-order chi connectivity index (χ1) is 7.93. The van der Waals surface area contributed by atoms with Gasteiger partial charge in [0.1, 0.15) is 0 Å². The van der Waals surface area contributed by atoms with Crippen molar-refractivity contribution in [3.8, 4) is 0 Å². The number of allylic oxidation sites excluding steroid dienone is 4. The summed E-state index contributed by atoms with van der Waals surface area (Å²) in [5.74, 6) is -9.52. The van der Waals surface area contributed by atoms with Crippen molar-refractivity contribution in [3.63, 3.8) is 0 Å². The molecule has 1 aliphatic rings. The second-order valence-electron chi connectivity index (χ2n) is 3.77. The highest BCUT2D eigenvalue weighted by atomic mass is 19.2. The van der Waals surface area contributed by atoms with Crippen LogP contribution >= 0.6 is 0 Å². The van der Waals surface area contributed by atoms with E-state index < -0.39 is 34.6 Å². The number of hydrogen-bond acceptors (Lipinski definition) is 0. The molecule has 0 saturated carbocycles. The summed E-state index contributed by atoms with van der Waals surface area (Å²) in [4.78, 5) is 0. The first-order valence-electron chi connectivity index (χ1n) is 4.82. The predicted octanol–water partition coefficient (Wildman–Crippen LogP) is 4.12. The number of hydrogen-bond donors (Lipinski definition) is 0. The molecule has 0 unspecified atom stereocenters. The monoisotopic (exact) mass is 246 g/mol. The predicted molar refractivity (Wildman–Crippen MR) is 52.6 cm³/mol. The Balaban J connectivity index is 2.67. The molecule has 1 aromatic carbocycles. The SMILES string of the molecule is CC1=CCC(c2c(F)c(F)c(F)c(F)c2F)=C1. The zero-order chi connectivity index (χ0) is 12.7.